The van der Waals surface area contributed by atoms with Crippen molar-refractivity contribution >= 4 is 34.3 Å². The van der Waals surface area contributed by atoms with E-state index in [1.165, 1.54) is 0 Å². The molecule has 0 radical (unpaired) electrons. The summed E-state index contributed by atoms with van der Waals surface area (Å²) >= 11 is 0. The van der Waals surface area contributed by atoms with Crippen LogP contribution in [0.4, 0.5) is 0 Å². The molecule has 4 aromatic rings. The lowest BCUT2D eigenvalue weighted by atomic mass is 9.98. The number of benzene rings is 4. The number of Topliss-reactive ketones (excluding diaryl/α,β-unsaturated/α-hetero) is 4. The van der Waals surface area contributed by atoms with Crippen LogP contribution >= 0.6 is 0 Å². The van der Waals surface area contributed by atoms with Crippen molar-refractivity contribution in [2.75, 3.05) is 0 Å². The van der Waals surface area contributed by atoms with Crippen molar-refractivity contribution in [3.8, 4) is 0 Å². The van der Waals surface area contributed by atoms with E-state index in [-0.39, 0.29) is 46.1 Å². The minimum absolute atomic E-state index is 0.202. The smallest absolute Gasteiger partial charge is 0.198 e. The third kappa shape index (κ3) is 3.99. The standard InChI is InChI=1S/C36H28O4/c1-19(2)25-13-15-27-29(17-25)35(39)31(33(27)37)23-9-5-21(6-10-23)22-7-11-24(12-8-22)32-34(38)28-16-14-26(20(3)4)18-30(28)36(32)40/h5-20H,1-4H3. The van der Waals surface area contributed by atoms with Gasteiger partial charge in [0.15, 0.2) is 23.1 Å². The van der Waals surface area contributed by atoms with Crippen LogP contribution in [-0.2, 0) is 0 Å². The van der Waals surface area contributed by atoms with E-state index >= 15 is 0 Å². The van der Waals surface area contributed by atoms with Gasteiger partial charge in [0.2, 0.25) is 0 Å². The van der Waals surface area contributed by atoms with Gasteiger partial charge in [-0.2, -0.15) is 0 Å². The van der Waals surface area contributed by atoms with Crippen molar-refractivity contribution < 1.29 is 19.2 Å². The Kier molecular flexibility index (Phi) is 6.07. The lowest BCUT2D eigenvalue weighted by molar-refractivity contribution is 0.101. The molecule has 0 saturated carbocycles. The van der Waals surface area contributed by atoms with Crippen LogP contribution in [0.3, 0.4) is 0 Å². The number of fused-ring (bicyclic) bond motifs is 2. The third-order valence-corrected chi connectivity index (χ3v) is 7.99. The normalized spacial score (nSPS) is 14.6. The fourth-order valence-corrected chi connectivity index (χ4v) is 5.54. The summed E-state index contributed by atoms with van der Waals surface area (Å²) in [6, 6.07) is 25.7. The van der Waals surface area contributed by atoms with Crippen LogP contribution in [0.25, 0.3) is 11.1 Å². The van der Waals surface area contributed by atoms with Crippen LogP contribution in [0.5, 0.6) is 0 Å². The van der Waals surface area contributed by atoms with Gasteiger partial charge in [0.1, 0.15) is 0 Å². The SMILES string of the molecule is CC(C)c1ccc2c(c1)C(=O)C(=c1ccc(=c3ccc(=C4C(=O)c5ccc(C(C)C)cc5C4=O)cc3)cc1)C2=O. The average molecular weight is 525 g/mol. The molecule has 2 aliphatic carbocycles. The Labute approximate surface area is 232 Å². The molecule has 4 heteroatoms. The van der Waals surface area contributed by atoms with Crippen molar-refractivity contribution in [1.82, 2.24) is 0 Å². The van der Waals surface area contributed by atoms with Crippen LogP contribution in [0.1, 0.15) is 92.1 Å². The predicted molar refractivity (Wildman–Crippen MR) is 155 cm³/mol. The second-order valence-corrected chi connectivity index (χ2v) is 11.1. The van der Waals surface area contributed by atoms with E-state index in [2.05, 4.69) is 27.7 Å². The highest BCUT2D eigenvalue weighted by atomic mass is 16.2. The van der Waals surface area contributed by atoms with Gasteiger partial charge in [-0.15, -0.1) is 0 Å². The number of hydrogen-bond acceptors (Lipinski definition) is 4. The molecule has 0 spiro atoms. The fraction of sp³-hybridized carbons (Fsp3) is 0.167. The van der Waals surface area contributed by atoms with Gasteiger partial charge in [-0.25, -0.2) is 0 Å². The summed E-state index contributed by atoms with van der Waals surface area (Å²) in [5, 5.41) is 2.97. The second kappa shape index (κ2) is 9.49. The molecule has 0 amide bonds. The zero-order chi connectivity index (χ0) is 28.3. The number of hydrogen-bond donors (Lipinski definition) is 0. The Hall–Kier alpha value is -4.70. The van der Waals surface area contributed by atoms with Crippen molar-refractivity contribution in [1.29, 1.82) is 0 Å². The molecule has 4 nitrogen and oxygen atoms in total. The maximum atomic E-state index is 13.2. The van der Waals surface area contributed by atoms with Crippen molar-refractivity contribution in [3.05, 3.63) is 139 Å². The molecule has 0 unspecified atom stereocenters. The molecule has 0 N–H and O–H groups in total. The Morgan fingerprint density at radius 2 is 0.675 bits per heavy atom. The molecule has 0 atom stereocenters. The van der Waals surface area contributed by atoms with E-state index < -0.39 is 0 Å². The molecule has 4 aromatic carbocycles. The quantitative estimate of drug-likeness (QED) is 0.338. The van der Waals surface area contributed by atoms with E-state index in [4.69, 9.17) is 0 Å². The highest BCUT2D eigenvalue weighted by Gasteiger charge is 2.34. The monoisotopic (exact) mass is 524 g/mol. The molecule has 0 heterocycles. The van der Waals surface area contributed by atoms with Gasteiger partial charge in [-0.05, 0) is 56.0 Å². The topological polar surface area (TPSA) is 68.3 Å². The zero-order valence-electron chi connectivity index (χ0n) is 22.9. The Balaban J connectivity index is 1.39. The molecular weight excluding hydrogens is 496 g/mol. The molecule has 2 aliphatic rings. The Morgan fingerprint density at radius 3 is 1.00 bits per heavy atom. The molecule has 0 saturated heterocycles. The van der Waals surface area contributed by atoms with Crippen LogP contribution < -0.4 is 10.4 Å². The molecule has 6 rings (SSSR count). The first kappa shape index (κ1) is 25.6. The summed E-state index contributed by atoms with van der Waals surface area (Å²) in [4.78, 5) is 52.5. The summed E-state index contributed by atoms with van der Waals surface area (Å²) in [5.41, 5.74) is 4.33. The lowest BCUT2D eigenvalue weighted by Crippen LogP contribution is -2.14. The van der Waals surface area contributed by atoms with Gasteiger partial charge in [0.05, 0.1) is 11.1 Å². The number of ketones is 4. The van der Waals surface area contributed by atoms with Crippen LogP contribution in [0, 0.1) is 10.4 Å². The van der Waals surface area contributed by atoms with E-state index in [9.17, 15) is 19.2 Å². The van der Waals surface area contributed by atoms with Gasteiger partial charge in [0.25, 0.3) is 0 Å². The van der Waals surface area contributed by atoms with Crippen LogP contribution in [-0.4, -0.2) is 23.1 Å². The minimum atomic E-state index is -0.239. The summed E-state index contributed by atoms with van der Waals surface area (Å²) < 4.78 is 0. The zero-order valence-corrected chi connectivity index (χ0v) is 22.9. The first-order chi connectivity index (χ1) is 19.2. The van der Waals surface area contributed by atoms with E-state index in [0.717, 1.165) is 21.6 Å². The fourth-order valence-electron chi connectivity index (χ4n) is 5.54. The lowest BCUT2D eigenvalue weighted by Gasteiger charge is -2.05. The highest BCUT2D eigenvalue weighted by Crippen LogP contribution is 2.31. The average Bonchev–Trinajstić information content (AvgIpc) is 3.36. The van der Waals surface area contributed by atoms with Gasteiger partial charge in [0, 0.05) is 22.3 Å². The molecule has 0 bridgehead atoms. The second-order valence-electron chi connectivity index (χ2n) is 11.1. The Morgan fingerprint density at radius 1 is 0.375 bits per heavy atom. The maximum Gasteiger partial charge on any atom is 0.198 e. The molecule has 0 fully saturated rings. The highest BCUT2D eigenvalue weighted by molar-refractivity contribution is 6.56. The first-order valence-electron chi connectivity index (χ1n) is 13.6. The molecule has 0 aliphatic heterocycles. The van der Waals surface area contributed by atoms with Gasteiger partial charge in [-0.3, -0.25) is 19.2 Å². The summed E-state index contributed by atoms with van der Waals surface area (Å²) in [6.07, 6.45) is 0. The van der Waals surface area contributed by atoms with E-state index in [1.54, 1.807) is 36.4 Å². The van der Waals surface area contributed by atoms with Crippen molar-refractivity contribution in [3.63, 3.8) is 0 Å². The molecular formula is C36H28O4. The molecule has 196 valence electrons. The molecule has 40 heavy (non-hydrogen) atoms. The molecule has 0 aromatic heterocycles. The van der Waals surface area contributed by atoms with Crippen molar-refractivity contribution in [2.24, 2.45) is 0 Å². The Bertz CT molecular complexity index is 1830. The predicted octanol–water partition coefficient (Wildman–Crippen LogP) is 5.68. The number of rotatable bonds is 2. The largest absolute Gasteiger partial charge is 0.288 e. The van der Waals surface area contributed by atoms with Gasteiger partial charge in [-0.1, -0.05) is 100 Å². The van der Waals surface area contributed by atoms with E-state index in [1.807, 2.05) is 48.5 Å². The number of carbonyl (C=O) groups excluding carboxylic acids is 4. The van der Waals surface area contributed by atoms with Crippen molar-refractivity contribution in [2.45, 2.75) is 39.5 Å². The summed E-state index contributed by atoms with van der Waals surface area (Å²) in [5.74, 6) is -0.416. The van der Waals surface area contributed by atoms with E-state index in [0.29, 0.717) is 32.7 Å². The van der Waals surface area contributed by atoms with Crippen LogP contribution in [0.15, 0.2) is 84.9 Å². The number of carbonyl (C=O) groups is 4. The van der Waals surface area contributed by atoms with Gasteiger partial charge < -0.3 is 0 Å². The van der Waals surface area contributed by atoms with Gasteiger partial charge >= 0.3 is 0 Å². The van der Waals surface area contributed by atoms with Crippen LogP contribution in [0.2, 0.25) is 0 Å². The summed E-state index contributed by atoms with van der Waals surface area (Å²) in [6.45, 7) is 8.23. The third-order valence-electron chi connectivity index (χ3n) is 7.99. The maximum absolute atomic E-state index is 13.2. The summed E-state index contributed by atoms with van der Waals surface area (Å²) in [7, 11) is 0. The first-order valence-corrected chi connectivity index (χ1v) is 13.6. The minimum Gasteiger partial charge on any atom is -0.288 e.